The van der Waals surface area contributed by atoms with Crippen LogP contribution in [0.25, 0.3) is 0 Å². The highest BCUT2D eigenvalue weighted by Gasteiger charge is 2.34. The Morgan fingerprint density at radius 1 is 1.15 bits per heavy atom. The van der Waals surface area contributed by atoms with Crippen LogP contribution in [0.15, 0.2) is 24.3 Å². The highest BCUT2D eigenvalue weighted by atomic mass is 19.4. The van der Waals surface area contributed by atoms with Gasteiger partial charge in [0.25, 0.3) is 0 Å². The topological polar surface area (TPSA) is 68.7 Å². The van der Waals surface area contributed by atoms with Crippen molar-refractivity contribution in [1.29, 1.82) is 0 Å². The molecule has 10 heteroatoms. The molecule has 140 valence electrons. The van der Waals surface area contributed by atoms with E-state index in [2.05, 4.69) is 15.3 Å². The van der Waals surface area contributed by atoms with Gasteiger partial charge in [-0.05, 0) is 12.1 Å². The van der Waals surface area contributed by atoms with Gasteiger partial charge in [-0.2, -0.15) is 18.2 Å². The number of aromatic nitrogens is 2. The summed E-state index contributed by atoms with van der Waals surface area (Å²) < 4.78 is 54.8. The van der Waals surface area contributed by atoms with Gasteiger partial charge in [0.2, 0.25) is 12.7 Å². The van der Waals surface area contributed by atoms with E-state index in [1.54, 1.807) is 32.3 Å². The molecule has 1 N–H and O–H groups in total. The van der Waals surface area contributed by atoms with Crippen molar-refractivity contribution in [1.82, 2.24) is 9.97 Å². The van der Waals surface area contributed by atoms with E-state index in [0.717, 1.165) is 6.07 Å². The second-order valence-corrected chi connectivity index (χ2v) is 5.62. The van der Waals surface area contributed by atoms with E-state index in [1.165, 1.54) is 4.90 Å². The summed E-state index contributed by atoms with van der Waals surface area (Å²) in [5, 5.41) is 2.75. The molecule has 0 radical (unpaired) electrons. The number of hydrogen-bond acceptors (Lipinski definition) is 7. The van der Waals surface area contributed by atoms with Crippen LogP contribution in [0.5, 0.6) is 17.2 Å². The summed E-state index contributed by atoms with van der Waals surface area (Å²) in [5.41, 5.74) is -1.00. The van der Waals surface area contributed by atoms with E-state index in [-0.39, 0.29) is 31.7 Å². The molecule has 26 heavy (non-hydrogen) atoms. The molecule has 2 aromatic rings. The van der Waals surface area contributed by atoms with Crippen LogP contribution in [0.1, 0.15) is 5.69 Å². The maximum atomic E-state index is 12.9. The van der Waals surface area contributed by atoms with Gasteiger partial charge in [-0.3, -0.25) is 0 Å². The lowest BCUT2D eigenvalue weighted by molar-refractivity contribution is -0.141. The molecule has 0 aliphatic carbocycles. The molecule has 0 atom stereocenters. The van der Waals surface area contributed by atoms with E-state index < -0.39 is 11.9 Å². The molecule has 0 fully saturated rings. The van der Waals surface area contributed by atoms with Gasteiger partial charge in [0.05, 0.1) is 6.54 Å². The van der Waals surface area contributed by atoms with Crippen LogP contribution >= 0.6 is 0 Å². The molecule has 1 aliphatic heterocycles. The third kappa shape index (κ3) is 4.19. The number of nitrogens with zero attached hydrogens (tertiary/aromatic N) is 3. The zero-order chi connectivity index (χ0) is 18.7. The normalized spacial score (nSPS) is 12.8. The average Bonchev–Trinajstić information content (AvgIpc) is 3.05. The Bertz CT molecular complexity index is 784. The summed E-state index contributed by atoms with van der Waals surface area (Å²) in [6.45, 7) is 0.598. The second kappa shape index (κ2) is 7.14. The van der Waals surface area contributed by atoms with Crippen molar-refractivity contribution in [2.24, 2.45) is 0 Å². The largest absolute Gasteiger partial charge is 0.492 e. The Labute approximate surface area is 147 Å². The maximum absolute atomic E-state index is 12.9. The number of hydrogen-bond donors (Lipinski definition) is 1. The summed E-state index contributed by atoms with van der Waals surface area (Å²) in [7, 11) is 3.21. The maximum Gasteiger partial charge on any atom is 0.433 e. The predicted molar refractivity (Wildman–Crippen MR) is 87.9 cm³/mol. The minimum atomic E-state index is -4.55. The number of alkyl halides is 3. The molecular formula is C16H17F3N4O3. The molecule has 0 spiro atoms. The molecule has 0 saturated heterocycles. The third-order valence-corrected chi connectivity index (χ3v) is 3.46. The molecule has 1 aliphatic rings. The molecule has 0 bridgehead atoms. The van der Waals surface area contributed by atoms with Crippen LogP contribution in [-0.4, -0.2) is 44.0 Å². The van der Waals surface area contributed by atoms with Crippen LogP contribution in [0.4, 0.5) is 24.9 Å². The minimum Gasteiger partial charge on any atom is -0.492 e. The molecular weight excluding hydrogens is 353 g/mol. The summed E-state index contributed by atoms with van der Waals surface area (Å²) >= 11 is 0. The highest BCUT2D eigenvalue weighted by molar-refractivity contribution is 5.47. The summed E-state index contributed by atoms with van der Waals surface area (Å²) in [6.07, 6.45) is -4.55. The lowest BCUT2D eigenvalue weighted by atomic mass is 10.3. The SMILES string of the molecule is CN(C)c1cc(C(F)(F)F)nc(NCCOc2ccc3c(c2)OCO3)n1. The first-order valence-corrected chi connectivity index (χ1v) is 7.73. The Morgan fingerprint density at radius 2 is 1.92 bits per heavy atom. The van der Waals surface area contributed by atoms with Gasteiger partial charge in [-0.25, -0.2) is 4.98 Å². The zero-order valence-corrected chi connectivity index (χ0v) is 14.1. The third-order valence-electron chi connectivity index (χ3n) is 3.46. The molecule has 3 rings (SSSR count). The van der Waals surface area contributed by atoms with Gasteiger partial charge in [-0.15, -0.1) is 0 Å². The summed E-state index contributed by atoms with van der Waals surface area (Å²) in [6, 6.07) is 6.03. The lowest BCUT2D eigenvalue weighted by Gasteiger charge is -2.16. The monoisotopic (exact) mass is 370 g/mol. The van der Waals surface area contributed by atoms with Crippen molar-refractivity contribution in [3.05, 3.63) is 30.0 Å². The van der Waals surface area contributed by atoms with E-state index >= 15 is 0 Å². The van der Waals surface area contributed by atoms with Gasteiger partial charge in [0, 0.05) is 26.2 Å². The summed E-state index contributed by atoms with van der Waals surface area (Å²) in [4.78, 5) is 9.04. The fraction of sp³-hybridized carbons (Fsp3) is 0.375. The smallest absolute Gasteiger partial charge is 0.433 e. The number of rotatable bonds is 6. The quantitative estimate of drug-likeness (QED) is 0.784. The number of ether oxygens (including phenoxy) is 3. The van der Waals surface area contributed by atoms with Crippen molar-refractivity contribution < 1.29 is 27.4 Å². The van der Waals surface area contributed by atoms with Crippen molar-refractivity contribution in [2.75, 3.05) is 44.3 Å². The fourth-order valence-corrected chi connectivity index (χ4v) is 2.19. The van der Waals surface area contributed by atoms with Crippen molar-refractivity contribution in [3.63, 3.8) is 0 Å². The van der Waals surface area contributed by atoms with Gasteiger partial charge >= 0.3 is 6.18 Å². The Kier molecular flexibility index (Phi) is 4.92. The highest BCUT2D eigenvalue weighted by Crippen LogP contribution is 2.35. The van der Waals surface area contributed by atoms with Crippen LogP contribution in [-0.2, 0) is 6.18 Å². The van der Waals surface area contributed by atoms with E-state index in [1.807, 2.05) is 0 Å². The van der Waals surface area contributed by atoms with Crippen molar-refractivity contribution in [2.45, 2.75) is 6.18 Å². The number of anilines is 2. The average molecular weight is 370 g/mol. The Morgan fingerprint density at radius 3 is 2.65 bits per heavy atom. The summed E-state index contributed by atoms with van der Waals surface area (Å²) in [5.74, 6) is 1.84. The molecule has 1 aromatic heterocycles. The first-order chi connectivity index (χ1) is 12.3. The number of fused-ring (bicyclic) bond motifs is 1. The first kappa shape index (κ1) is 17.9. The number of halogens is 3. The molecule has 1 aromatic carbocycles. The van der Waals surface area contributed by atoms with E-state index in [0.29, 0.717) is 17.2 Å². The fourth-order valence-electron chi connectivity index (χ4n) is 2.19. The van der Waals surface area contributed by atoms with Gasteiger partial charge in [0.15, 0.2) is 17.2 Å². The molecule has 0 amide bonds. The van der Waals surface area contributed by atoms with Crippen molar-refractivity contribution in [3.8, 4) is 17.2 Å². The Hall–Kier alpha value is -2.91. The van der Waals surface area contributed by atoms with Crippen LogP contribution < -0.4 is 24.4 Å². The van der Waals surface area contributed by atoms with Crippen LogP contribution in [0.3, 0.4) is 0 Å². The minimum absolute atomic E-state index is 0.113. The van der Waals surface area contributed by atoms with Gasteiger partial charge in [-0.1, -0.05) is 0 Å². The molecule has 0 saturated carbocycles. The van der Waals surface area contributed by atoms with Crippen LogP contribution in [0, 0.1) is 0 Å². The molecule has 7 nitrogen and oxygen atoms in total. The van der Waals surface area contributed by atoms with Gasteiger partial charge in [0.1, 0.15) is 18.2 Å². The molecule has 0 unspecified atom stereocenters. The lowest BCUT2D eigenvalue weighted by Crippen LogP contribution is -2.19. The molecule has 2 heterocycles. The zero-order valence-electron chi connectivity index (χ0n) is 14.1. The Balaban J connectivity index is 1.60. The predicted octanol–water partition coefficient (Wildman–Crippen LogP) is 2.78. The number of nitrogens with one attached hydrogen (secondary N) is 1. The van der Waals surface area contributed by atoms with Crippen molar-refractivity contribution >= 4 is 11.8 Å². The first-order valence-electron chi connectivity index (χ1n) is 7.73. The second-order valence-electron chi connectivity index (χ2n) is 5.62. The van der Waals surface area contributed by atoms with Crippen LogP contribution in [0.2, 0.25) is 0 Å². The van der Waals surface area contributed by atoms with Gasteiger partial charge < -0.3 is 24.4 Å². The van der Waals surface area contributed by atoms with E-state index in [4.69, 9.17) is 14.2 Å². The van der Waals surface area contributed by atoms with E-state index in [9.17, 15) is 13.2 Å². The standard InChI is InChI=1S/C16H17F3N4O3/c1-23(2)14-8-13(16(17,18)19)21-15(22-14)20-5-6-24-10-3-4-11-12(7-10)26-9-25-11/h3-4,7-8H,5-6,9H2,1-2H3,(H,20,21,22). The number of benzene rings is 1.